The lowest BCUT2D eigenvalue weighted by molar-refractivity contribution is 0.0601. The number of benzene rings is 2. The van der Waals surface area contributed by atoms with Crippen LogP contribution in [-0.4, -0.2) is 17.6 Å². The molecule has 0 radical (unpaired) electrons. The van der Waals surface area contributed by atoms with Crippen molar-refractivity contribution in [3.05, 3.63) is 68.1 Å². The van der Waals surface area contributed by atoms with Crippen LogP contribution in [0, 0.1) is 0 Å². The predicted molar refractivity (Wildman–Crippen MR) is 87.4 cm³/mol. The van der Waals surface area contributed by atoms with Gasteiger partial charge in [-0.15, -0.1) is 0 Å². The number of oxazole rings is 1. The number of carbonyl (C=O) groups is 1. The van der Waals surface area contributed by atoms with Crippen molar-refractivity contribution in [1.82, 2.24) is 4.57 Å². The maximum absolute atomic E-state index is 12.1. The summed E-state index contributed by atoms with van der Waals surface area (Å²) in [6, 6.07) is 9.84. The quantitative estimate of drug-likeness (QED) is 0.674. The fraction of sp³-hybridized carbons (Fsp3) is 0.125. The van der Waals surface area contributed by atoms with Crippen molar-refractivity contribution in [3.63, 3.8) is 0 Å². The molecule has 5 nitrogen and oxygen atoms in total. The van der Waals surface area contributed by atoms with Gasteiger partial charge in [-0.2, -0.15) is 0 Å². The number of rotatable bonds is 3. The number of halogens is 2. The second-order valence-corrected chi connectivity index (χ2v) is 5.69. The molecule has 0 fully saturated rings. The highest BCUT2D eigenvalue weighted by Gasteiger charge is 2.13. The van der Waals surface area contributed by atoms with Gasteiger partial charge in [-0.05, 0) is 35.9 Å². The van der Waals surface area contributed by atoms with Crippen LogP contribution in [0.2, 0.25) is 10.0 Å². The lowest BCUT2D eigenvalue weighted by atomic mass is 10.2. The highest BCUT2D eigenvalue weighted by molar-refractivity contribution is 6.42. The van der Waals surface area contributed by atoms with Crippen LogP contribution in [0.25, 0.3) is 11.1 Å². The third kappa shape index (κ3) is 2.98. The summed E-state index contributed by atoms with van der Waals surface area (Å²) < 4.78 is 11.3. The highest BCUT2D eigenvalue weighted by atomic mass is 35.5. The molecule has 0 bridgehead atoms. The Bertz CT molecular complexity index is 958. The maximum Gasteiger partial charge on any atom is 0.420 e. The molecular weight excluding hydrogens is 341 g/mol. The molecule has 3 aromatic rings. The van der Waals surface area contributed by atoms with Crippen molar-refractivity contribution in [1.29, 1.82) is 0 Å². The minimum Gasteiger partial charge on any atom is -0.465 e. The molecule has 23 heavy (non-hydrogen) atoms. The summed E-state index contributed by atoms with van der Waals surface area (Å²) in [5, 5.41) is 0.862. The number of hydrogen-bond acceptors (Lipinski definition) is 4. The molecule has 0 saturated heterocycles. The zero-order valence-electron chi connectivity index (χ0n) is 12.0. The normalized spacial score (nSPS) is 10.9. The van der Waals surface area contributed by atoms with Crippen LogP contribution >= 0.6 is 23.2 Å². The van der Waals surface area contributed by atoms with E-state index < -0.39 is 11.7 Å². The molecular formula is C16H11Cl2NO4. The maximum atomic E-state index is 12.1. The molecule has 0 aliphatic carbocycles. The van der Waals surface area contributed by atoms with E-state index in [9.17, 15) is 9.59 Å². The lowest BCUT2D eigenvalue weighted by Gasteiger charge is -2.05. The number of hydrogen-bond donors (Lipinski definition) is 0. The van der Waals surface area contributed by atoms with Gasteiger partial charge in [-0.3, -0.25) is 4.57 Å². The first-order valence-corrected chi connectivity index (χ1v) is 7.41. The number of carbonyl (C=O) groups excluding carboxylic acids is 1. The SMILES string of the molecule is COC(=O)c1ccc2c(c1)oc(=O)n2Cc1ccc(Cl)c(Cl)c1. The lowest BCUT2D eigenvalue weighted by Crippen LogP contribution is -2.14. The van der Waals surface area contributed by atoms with E-state index in [1.165, 1.54) is 17.7 Å². The molecule has 1 heterocycles. The Morgan fingerprint density at radius 2 is 1.96 bits per heavy atom. The van der Waals surface area contributed by atoms with E-state index in [0.29, 0.717) is 26.7 Å². The monoisotopic (exact) mass is 351 g/mol. The van der Waals surface area contributed by atoms with Crippen LogP contribution in [0.15, 0.2) is 45.6 Å². The van der Waals surface area contributed by atoms with Gasteiger partial charge in [0, 0.05) is 0 Å². The van der Waals surface area contributed by atoms with Crippen molar-refractivity contribution in [2.24, 2.45) is 0 Å². The number of methoxy groups -OCH3 is 1. The number of esters is 1. The van der Waals surface area contributed by atoms with Crippen LogP contribution < -0.4 is 5.76 Å². The summed E-state index contributed by atoms with van der Waals surface area (Å²) in [6.07, 6.45) is 0. The number of aromatic nitrogens is 1. The Morgan fingerprint density at radius 1 is 1.17 bits per heavy atom. The first kappa shape index (κ1) is 15.6. The smallest absolute Gasteiger partial charge is 0.420 e. The summed E-state index contributed by atoms with van der Waals surface area (Å²) in [4.78, 5) is 23.6. The summed E-state index contributed by atoms with van der Waals surface area (Å²) in [6.45, 7) is 0.278. The van der Waals surface area contributed by atoms with E-state index in [1.807, 2.05) is 0 Å². The van der Waals surface area contributed by atoms with Gasteiger partial charge < -0.3 is 9.15 Å². The Morgan fingerprint density at radius 3 is 2.65 bits per heavy atom. The molecule has 1 aromatic heterocycles. The van der Waals surface area contributed by atoms with E-state index in [4.69, 9.17) is 27.6 Å². The van der Waals surface area contributed by atoms with Crippen LogP contribution in [0.4, 0.5) is 0 Å². The Labute approximate surface area is 141 Å². The van der Waals surface area contributed by atoms with Crippen molar-refractivity contribution < 1.29 is 13.9 Å². The molecule has 118 valence electrons. The van der Waals surface area contributed by atoms with Crippen molar-refractivity contribution >= 4 is 40.3 Å². The van der Waals surface area contributed by atoms with Crippen LogP contribution in [0.3, 0.4) is 0 Å². The van der Waals surface area contributed by atoms with Gasteiger partial charge in [0.05, 0.1) is 34.8 Å². The summed E-state index contributed by atoms with van der Waals surface area (Å²) in [7, 11) is 1.29. The van der Waals surface area contributed by atoms with Gasteiger partial charge in [0.25, 0.3) is 0 Å². The minimum atomic E-state index is -0.520. The molecule has 2 aromatic carbocycles. The zero-order valence-corrected chi connectivity index (χ0v) is 13.5. The fourth-order valence-corrected chi connectivity index (χ4v) is 2.60. The second-order valence-electron chi connectivity index (χ2n) is 4.88. The third-order valence-corrected chi connectivity index (χ3v) is 4.15. The van der Waals surface area contributed by atoms with Crippen LogP contribution in [0.5, 0.6) is 0 Å². The molecule has 0 aliphatic rings. The molecule has 0 spiro atoms. The van der Waals surface area contributed by atoms with Gasteiger partial charge in [0.1, 0.15) is 0 Å². The van der Waals surface area contributed by atoms with Gasteiger partial charge in [-0.1, -0.05) is 29.3 Å². The highest BCUT2D eigenvalue weighted by Crippen LogP contribution is 2.24. The molecule has 0 atom stereocenters. The molecule has 0 saturated carbocycles. The molecule has 7 heteroatoms. The van der Waals surface area contributed by atoms with E-state index in [-0.39, 0.29) is 6.54 Å². The largest absolute Gasteiger partial charge is 0.465 e. The average Bonchev–Trinajstić information content (AvgIpc) is 2.85. The Balaban J connectivity index is 2.04. The fourth-order valence-electron chi connectivity index (χ4n) is 2.28. The molecule has 0 aliphatic heterocycles. The Kier molecular flexibility index (Phi) is 4.15. The minimum absolute atomic E-state index is 0.278. The van der Waals surface area contributed by atoms with Crippen molar-refractivity contribution in [2.75, 3.05) is 7.11 Å². The second kappa shape index (κ2) is 6.10. The van der Waals surface area contributed by atoms with Gasteiger partial charge >= 0.3 is 11.7 Å². The first-order valence-electron chi connectivity index (χ1n) is 6.65. The summed E-state index contributed by atoms with van der Waals surface area (Å²) >= 11 is 11.9. The number of fused-ring (bicyclic) bond motifs is 1. The summed E-state index contributed by atoms with van der Waals surface area (Å²) in [5.74, 6) is -1.01. The Hall–Kier alpha value is -2.24. The number of ether oxygens (including phenoxy) is 1. The van der Waals surface area contributed by atoms with Crippen LogP contribution in [-0.2, 0) is 11.3 Å². The molecule has 0 N–H and O–H groups in total. The van der Waals surface area contributed by atoms with Gasteiger partial charge in [-0.25, -0.2) is 9.59 Å². The molecule has 0 amide bonds. The predicted octanol–water partition coefficient (Wildman–Crippen LogP) is 3.74. The number of nitrogens with zero attached hydrogens (tertiary/aromatic N) is 1. The average molecular weight is 352 g/mol. The van der Waals surface area contributed by atoms with Crippen LogP contribution in [0.1, 0.15) is 15.9 Å². The zero-order chi connectivity index (χ0) is 16.6. The standard InChI is InChI=1S/C16H11Cl2NO4/c1-22-15(20)10-3-5-13-14(7-10)23-16(21)19(13)8-9-2-4-11(17)12(18)6-9/h2-7H,8H2,1H3. The van der Waals surface area contributed by atoms with E-state index in [1.54, 1.807) is 30.3 Å². The van der Waals surface area contributed by atoms with E-state index in [2.05, 4.69) is 4.74 Å². The molecule has 3 rings (SSSR count). The van der Waals surface area contributed by atoms with Crippen molar-refractivity contribution in [2.45, 2.75) is 6.54 Å². The van der Waals surface area contributed by atoms with Gasteiger partial charge in [0.15, 0.2) is 5.58 Å². The molecule has 0 unspecified atom stereocenters. The topological polar surface area (TPSA) is 61.4 Å². The van der Waals surface area contributed by atoms with E-state index in [0.717, 1.165) is 5.56 Å². The van der Waals surface area contributed by atoms with Gasteiger partial charge in [0.2, 0.25) is 0 Å². The summed E-state index contributed by atoms with van der Waals surface area (Å²) in [5.41, 5.74) is 2.02. The first-order chi connectivity index (χ1) is 11.0. The van der Waals surface area contributed by atoms with E-state index >= 15 is 0 Å². The third-order valence-electron chi connectivity index (χ3n) is 3.41. The van der Waals surface area contributed by atoms with Crippen molar-refractivity contribution in [3.8, 4) is 0 Å².